The maximum absolute atomic E-state index is 10.8. The first kappa shape index (κ1) is 13.9. The second-order valence-electron chi connectivity index (χ2n) is 6.33. The molecule has 110 valence electrons. The van der Waals surface area contributed by atoms with E-state index >= 15 is 0 Å². The zero-order valence-corrected chi connectivity index (χ0v) is 12.7. The molecule has 0 spiro atoms. The quantitative estimate of drug-likeness (QED) is 0.855. The number of aryl methyl sites for hydroxylation is 1. The van der Waals surface area contributed by atoms with Gasteiger partial charge < -0.3 is 9.84 Å². The summed E-state index contributed by atoms with van der Waals surface area (Å²) in [6.07, 6.45) is 3.32. The molecule has 0 bridgehead atoms. The molecule has 2 heterocycles. The van der Waals surface area contributed by atoms with Gasteiger partial charge in [0, 0.05) is 11.6 Å². The molecule has 3 rings (SSSR count). The molecule has 0 saturated carbocycles. The van der Waals surface area contributed by atoms with Crippen LogP contribution in [0.1, 0.15) is 49.0 Å². The van der Waals surface area contributed by atoms with Crippen LogP contribution in [0.25, 0.3) is 0 Å². The fourth-order valence-corrected chi connectivity index (χ4v) is 3.59. The molecule has 1 saturated heterocycles. The fourth-order valence-electron chi connectivity index (χ4n) is 3.59. The van der Waals surface area contributed by atoms with Gasteiger partial charge in [0.2, 0.25) is 0 Å². The lowest BCUT2D eigenvalue weighted by Gasteiger charge is -2.44. The highest BCUT2D eigenvalue weighted by Gasteiger charge is 2.37. The zero-order chi connectivity index (χ0) is 14.3. The lowest BCUT2D eigenvalue weighted by atomic mass is 9.91. The summed E-state index contributed by atoms with van der Waals surface area (Å²) in [5.41, 5.74) is 3.34. The first-order chi connectivity index (χ1) is 9.59. The molecular formula is C17H25NO2. The Bertz CT molecular complexity index is 500. The Morgan fingerprint density at radius 3 is 2.80 bits per heavy atom. The smallest absolute Gasteiger partial charge is 0.128 e. The van der Waals surface area contributed by atoms with Gasteiger partial charge in [0.15, 0.2) is 0 Å². The minimum absolute atomic E-state index is 0.0971. The molecule has 2 aliphatic heterocycles. The molecule has 3 nitrogen and oxygen atoms in total. The van der Waals surface area contributed by atoms with Crippen LogP contribution in [-0.2, 0) is 0 Å². The molecule has 3 unspecified atom stereocenters. The van der Waals surface area contributed by atoms with Gasteiger partial charge in [0.05, 0.1) is 6.04 Å². The van der Waals surface area contributed by atoms with Crippen LogP contribution in [-0.4, -0.2) is 35.2 Å². The van der Waals surface area contributed by atoms with Crippen molar-refractivity contribution in [3.8, 4) is 5.75 Å². The average molecular weight is 275 g/mol. The average Bonchev–Trinajstić information content (AvgIpc) is 2.45. The minimum Gasteiger partial charge on any atom is -0.491 e. The van der Waals surface area contributed by atoms with Crippen LogP contribution < -0.4 is 4.74 Å². The van der Waals surface area contributed by atoms with Gasteiger partial charge in [-0.15, -0.1) is 0 Å². The summed E-state index contributed by atoms with van der Waals surface area (Å²) in [5, 5.41) is 10.8. The number of piperidine rings is 1. The van der Waals surface area contributed by atoms with Crippen LogP contribution in [0, 0.1) is 13.8 Å². The Balaban J connectivity index is 1.89. The number of aliphatic hydroxyl groups excluding tert-OH is 1. The van der Waals surface area contributed by atoms with E-state index in [-0.39, 0.29) is 6.04 Å². The van der Waals surface area contributed by atoms with Crippen LogP contribution in [0.4, 0.5) is 0 Å². The predicted octanol–water partition coefficient (Wildman–Crippen LogP) is 2.97. The number of likely N-dealkylation sites (tertiary alicyclic amines) is 1. The van der Waals surface area contributed by atoms with Crippen molar-refractivity contribution in [1.29, 1.82) is 0 Å². The van der Waals surface area contributed by atoms with Gasteiger partial charge in [0.1, 0.15) is 18.5 Å². The molecule has 0 aromatic heterocycles. The highest BCUT2D eigenvalue weighted by Crippen LogP contribution is 2.39. The van der Waals surface area contributed by atoms with E-state index in [1.807, 2.05) is 6.07 Å². The van der Waals surface area contributed by atoms with Crippen LogP contribution in [0.3, 0.4) is 0 Å². The summed E-state index contributed by atoms with van der Waals surface area (Å²) in [6, 6.07) is 4.76. The molecule has 1 N–H and O–H groups in total. The molecule has 0 radical (unpaired) electrons. The molecule has 2 aliphatic rings. The third kappa shape index (κ3) is 2.23. The summed E-state index contributed by atoms with van der Waals surface area (Å²) < 4.78 is 6.02. The van der Waals surface area contributed by atoms with Gasteiger partial charge in [-0.3, -0.25) is 4.90 Å². The Hall–Kier alpha value is -1.06. The van der Waals surface area contributed by atoms with Crippen LogP contribution in [0.15, 0.2) is 12.1 Å². The molecule has 3 atom stereocenters. The van der Waals surface area contributed by atoms with E-state index in [1.165, 1.54) is 24.8 Å². The number of nitrogens with zero attached hydrogens (tertiary/aromatic N) is 1. The fraction of sp³-hybridized carbons (Fsp3) is 0.647. The van der Waals surface area contributed by atoms with E-state index in [0.29, 0.717) is 12.6 Å². The number of ether oxygens (including phenoxy) is 1. The van der Waals surface area contributed by atoms with Gasteiger partial charge >= 0.3 is 0 Å². The summed E-state index contributed by atoms with van der Waals surface area (Å²) in [7, 11) is 0. The summed E-state index contributed by atoms with van der Waals surface area (Å²) in [6.45, 7) is 8.10. The van der Waals surface area contributed by atoms with E-state index in [0.717, 1.165) is 23.4 Å². The lowest BCUT2D eigenvalue weighted by molar-refractivity contribution is -0.0248. The van der Waals surface area contributed by atoms with Crippen molar-refractivity contribution >= 4 is 0 Å². The summed E-state index contributed by atoms with van der Waals surface area (Å²) in [5.74, 6) is 0.901. The minimum atomic E-state index is -0.432. The molecule has 0 aliphatic carbocycles. The number of hydrogen-bond donors (Lipinski definition) is 1. The predicted molar refractivity (Wildman–Crippen MR) is 80.2 cm³/mol. The van der Waals surface area contributed by atoms with E-state index < -0.39 is 6.10 Å². The molecule has 1 aromatic rings. The maximum atomic E-state index is 10.8. The normalized spacial score (nSPS) is 30.7. The highest BCUT2D eigenvalue weighted by atomic mass is 16.5. The van der Waals surface area contributed by atoms with Crippen molar-refractivity contribution in [2.24, 2.45) is 0 Å². The Kier molecular flexibility index (Phi) is 3.74. The van der Waals surface area contributed by atoms with Crippen molar-refractivity contribution in [3.63, 3.8) is 0 Å². The molecule has 0 amide bonds. The second kappa shape index (κ2) is 5.38. The number of fused-ring (bicyclic) bond motifs is 1. The van der Waals surface area contributed by atoms with Gasteiger partial charge in [0.25, 0.3) is 0 Å². The second-order valence-corrected chi connectivity index (χ2v) is 6.33. The molecule has 1 aromatic carbocycles. The van der Waals surface area contributed by atoms with Crippen molar-refractivity contribution in [3.05, 3.63) is 28.8 Å². The number of hydrogen-bond acceptors (Lipinski definition) is 3. The maximum Gasteiger partial charge on any atom is 0.128 e. The largest absolute Gasteiger partial charge is 0.491 e. The lowest BCUT2D eigenvalue weighted by Crippen LogP contribution is -2.51. The molecular weight excluding hydrogens is 250 g/mol. The van der Waals surface area contributed by atoms with E-state index in [2.05, 4.69) is 31.7 Å². The first-order valence-electron chi connectivity index (χ1n) is 7.76. The topological polar surface area (TPSA) is 32.7 Å². The van der Waals surface area contributed by atoms with Gasteiger partial charge in [-0.2, -0.15) is 0 Å². The zero-order valence-electron chi connectivity index (χ0n) is 12.7. The molecule has 1 fully saturated rings. The first-order valence-corrected chi connectivity index (χ1v) is 7.76. The van der Waals surface area contributed by atoms with Crippen molar-refractivity contribution < 1.29 is 9.84 Å². The van der Waals surface area contributed by atoms with Gasteiger partial charge in [-0.05, 0) is 51.3 Å². The molecule has 3 heteroatoms. The number of benzene rings is 1. The summed E-state index contributed by atoms with van der Waals surface area (Å²) in [4.78, 5) is 2.44. The van der Waals surface area contributed by atoms with Crippen molar-refractivity contribution in [2.45, 2.75) is 58.2 Å². The highest BCUT2D eigenvalue weighted by molar-refractivity contribution is 5.48. The van der Waals surface area contributed by atoms with Crippen molar-refractivity contribution in [1.82, 2.24) is 4.90 Å². The van der Waals surface area contributed by atoms with E-state index in [1.54, 1.807) is 0 Å². The third-order valence-corrected chi connectivity index (χ3v) is 5.07. The Labute approximate surface area is 121 Å². The standard InChI is InChI=1S/C17H25NO2/c1-11-7-8-14-16(19)15(10-20-17(14)13(11)3)18-9-5-4-6-12(18)2/h7-8,12,15-16,19H,4-6,9-10H2,1-3H3. The molecule has 20 heavy (non-hydrogen) atoms. The monoisotopic (exact) mass is 275 g/mol. The van der Waals surface area contributed by atoms with Crippen LogP contribution in [0.5, 0.6) is 5.75 Å². The third-order valence-electron chi connectivity index (χ3n) is 5.07. The number of rotatable bonds is 1. The van der Waals surface area contributed by atoms with E-state index in [9.17, 15) is 5.11 Å². The Morgan fingerprint density at radius 2 is 2.05 bits per heavy atom. The van der Waals surface area contributed by atoms with E-state index in [4.69, 9.17) is 4.74 Å². The van der Waals surface area contributed by atoms with Gasteiger partial charge in [-0.1, -0.05) is 18.6 Å². The summed E-state index contributed by atoms with van der Waals surface area (Å²) >= 11 is 0. The van der Waals surface area contributed by atoms with Crippen molar-refractivity contribution in [2.75, 3.05) is 13.2 Å². The van der Waals surface area contributed by atoms with Crippen LogP contribution >= 0.6 is 0 Å². The SMILES string of the molecule is Cc1ccc2c(c1C)OCC(N1CCCCC1C)C2O. The van der Waals surface area contributed by atoms with Crippen LogP contribution in [0.2, 0.25) is 0 Å². The number of aliphatic hydroxyl groups is 1. The van der Waals surface area contributed by atoms with Gasteiger partial charge in [-0.25, -0.2) is 0 Å². The Morgan fingerprint density at radius 1 is 1.25 bits per heavy atom.